The molecule has 1 aliphatic heterocycles. The molecule has 1 aromatic carbocycles. The molecule has 94 valence electrons. The van der Waals surface area contributed by atoms with Gasteiger partial charge >= 0.3 is 0 Å². The maximum atomic E-state index is 11.8. The van der Waals surface area contributed by atoms with Crippen LogP contribution >= 0.6 is 0 Å². The number of amides is 2. The molecule has 0 aromatic heterocycles. The Labute approximate surface area is 107 Å². The van der Waals surface area contributed by atoms with Crippen LogP contribution in [0.1, 0.15) is 25.8 Å². The molecule has 0 fully saturated rings. The molecule has 3 nitrogen and oxygen atoms in total. The second-order valence-corrected chi connectivity index (χ2v) is 4.65. The third-order valence-corrected chi connectivity index (χ3v) is 3.40. The Kier molecular flexibility index (Phi) is 3.60. The average molecular weight is 243 g/mol. The molecule has 1 heterocycles. The lowest BCUT2D eigenvalue weighted by Gasteiger charge is -2.10. The molecule has 0 radical (unpaired) electrons. The van der Waals surface area contributed by atoms with Crippen LogP contribution < -0.4 is 5.32 Å². The third-order valence-electron chi connectivity index (χ3n) is 3.40. The summed E-state index contributed by atoms with van der Waals surface area (Å²) in [6.45, 7) is 4.01. The Hall–Kier alpha value is -1.90. The fourth-order valence-corrected chi connectivity index (χ4v) is 2.21. The predicted octanol–water partition coefficient (Wildman–Crippen LogP) is 2.23. The van der Waals surface area contributed by atoms with E-state index in [1.807, 2.05) is 44.2 Å². The highest BCUT2D eigenvalue weighted by Crippen LogP contribution is 2.25. The molecular formula is C15H17NO2. The van der Waals surface area contributed by atoms with E-state index in [0.29, 0.717) is 17.6 Å². The van der Waals surface area contributed by atoms with E-state index in [0.717, 1.165) is 12.0 Å². The zero-order valence-corrected chi connectivity index (χ0v) is 10.7. The molecule has 3 heteroatoms. The first-order valence-corrected chi connectivity index (χ1v) is 6.26. The predicted molar refractivity (Wildman–Crippen MR) is 69.8 cm³/mol. The van der Waals surface area contributed by atoms with Gasteiger partial charge in [-0.1, -0.05) is 44.2 Å². The zero-order chi connectivity index (χ0) is 13.1. The summed E-state index contributed by atoms with van der Waals surface area (Å²) in [6.07, 6.45) is 1.38. The Morgan fingerprint density at radius 1 is 1.11 bits per heavy atom. The van der Waals surface area contributed by atoms with E-state index in [-0.39, 0.29) is 17.7 Å². The molecule has 0 spiro atoms. The van der Waals surface area contributed by atoms with Crippen LogP contribution in [0.2, 0.25) is 0 Å². The number of hydrogen-bond acceptors (Lipinski definition) is 2. The van der Waals surface area contributed by atoms with Crippen molar-refractivity contribution in [3.8, 4) is 0 Å². The van der Waals surface area contributed by atoms with Crippen molar-refractivity contribution >= 4 is 11.8 Å². The van der Waals surface area contributed by atoms with Crippen LogP contribution in [-0.4, -0.2) is 11.8 Å². The molecule has 1 atom stereocenters. The third kappa shape index (κ3) is 2.35. The second kappa shape index (κ2) is 5.17. The van der Waals surface area contributed by atoms with Crippen molar-refractivity contribution in [3.05, 3.63) is 47.0 Å². The molecule has 0 bridgehead atoms. The molecule has 0 aliphatic carbocycles. The van der Waals surface area contributed by atoms with Crippen molar-refractivity contribution in [1.82, 2.24) is 5.32 Å². The summed E-state index contributed by atoms with van der Waals surface area (Å²) in [6, 6.07) is 9.75. The minimum Gasteiger partial charge on any atom is -0.289 e. The van der Waals surface area contributed by atoms with E-state index in [9.17, 15) is 9.59 Å². The summed E-state index contributed by atoms with van der Waals surface area (Å²) >= 11 is 0. The number of carbonyl (C=O) groups is 2. The molecular weight excluding hydrogens is 226 g/mol. The van der Waals surface area contributed by atoms with Crippen molar-refractivity contribution in [2.75, 3.05) is 0 Å². The van der Waals surface area contributed by atoms with E-state index in [4.69, 9.17) is 0 Å². The summed E-state index contributed by atoms with van der Waals surface area (Å²) in [4.78, 5) is 23.6. The van der Waals surface area contributed by atoms with E-state index in [1.54, 1.807) is 0 Å². The van der Waals surface area contributed by atoms with Crippen molar-refractivity contribution in [1.29, 1.82) is 0 Å². The molecule has 1 aliphatic rings. The highest BCUT2D eigenvalue weighted by molar-refractivity contribution is 6.19. The van der Waals surface area contributed by atoms with Crippen molar-refractivity contribution in [3.63, 3.8) is 0 Å². The lowest BCUT2D eigenvalue weighted by atomic mass is 9.92. The summed E-state index contributed by atoms with van der Waals surface area (Å²) in [5.41, 5.74) is 2.34. The first-order chi connectivity index (χ1) is 8.63. The molecule has 0 saturated heterocycles. The Morgan fingerprint density at radius 2 is 1.78 bits per heavy atom. The van der Waals surface area contributed by atoms with Crippen LogP contribution in [0.25, 0.3) is 0 Å². The maximum Gasteiger partial charge on any atom is 0.254 e. The Morgan fingerprint density at radius 3 is 2.39 bits per heavy atom. The molecule has 2 rings (SSSR count). The minimum absolute atomic E-state index is 0.121. The molecule has 0 saturated carbocycles. The second-order valence-electron chi connectivity index (χ2n) is 4.65. The van der Waals surface area contributed by atoms with Crippen LogP contribution in [0.4, 0.5) is 0 Å². The Balaban J connectivity index is 2.35. The van der Waals surface area contributed by atoms with E-state index in [1.165, 1.54) is 0 Å². The molecule has 1 unspecified atom stereocenters. The SMILES string of the molecule is CCC(C)C1=C(Cc2ccccc2)C(=O)NC1=O. The molecule has 1 aromatic rings. The number of hydrogen-bond donors (Lipinski definition) is 1. The number of imide groups is 1. The summed E-state index contributed by atoms with van der Waals surface area (Å²) in [5.74, 6) is -0.338. The summed E-state index contributed by atoms with van der Waals surface area (Å²) < 4.78 is 0. The smallest absolute Gasteiger partial charge is 0.254 e. The van der Waals surface area contributed by atoms with Crippen LogP contribution in [0.5, 0.6) is 0 Å². The van der Waals surface area contributed by atoms with Gasteiger partial charge in [-0.05, 0) is 17.9 Å². The van der Waals surface area contributed by atoms with Crippen LogP contribution in [-0.2, 0) is 16.0 Å². The largest absolute Gasteiger partial charge is 0.289 e. The fourth-order valence-electron chi connectivity index (χ4n) is 2.21. The standard InChI is InChI=1S/C15H17NO2/c1-3-10(2)13-12(14(17)16-15(13)18)9-11-7-5-4-6-8-11/h4-8,10H,3,9H2,1-2H3,(H,16,17,18). The van der Waals surface area contributed by atoms with Gasteiger partial charge in [0, 0.05) is 17.6 Å². The topological polar surface area (TPSA) is 46.2 Å². The van der Waals surface area contributed by atoms with Gasteiger partial charge in [-0.3, -0.25) is 14.9 Å². The average Bonchev–Trinajstić information content (AvgIpc) is 2.65. The van der Waals surface area contributed by atoms with Gasteiger partial charge in [0.25, 0.3) is 11.8 Å². The van der Waals surface area contributed by atoms with E-state index < -0.39 is 0 Å². The van der Waals surface area contributed by atoms with Crippen LogP contribution in [0.3, 0.4) is 0 Å². The van der Waals surface area contributed by atoms with Gasteiger partial charge in [0.1, 0.15) is 0 Å². The van der Waals surface area contributed by atoms with Gasteiger partial charge in [-0.2, -0.15) is 0 Å². The highest BCUT2D eigenvalue weighted by atomic mass is 16.2. The van der Waals surface area contributed by atoms with E-state index in [2.05, 4.69) is 5.32 Å². The van der Waals surface area contributed by atoms with Gasteiger partial charge in [-0.25, -0.2) is 0 Å². The monoisotopic (exact) mass is 243 g/mol. The summed E-state index contributed by atoms with van der Waals surface area (Å²) in [7, 11) is 0. The van der Waals surface area contributed by atoms with Crippen molar-refractivity contribution < 1.29 is 9.59 Å². The number of benzene rings is 1. The van der Waals surface area contributed by atoms with Gasteiger partial charge in [-0.15, -0.1) is 0 Å². The van der Waals surface area contributed by atoms with Crippen LogP contribution in [0.15, 0.2) is 41.5 Å². The highest BCUT2D eigenvalue weighted by Gasteiger charge is 2.32. The first kappa shape index (κ1) is 12.6. The van der Waals surface area contributed by atoms with Crippen molar-refractivity contribution in [2.45, 2.75) is 26.7 Å². The zero-order valence-electron chi connectivity index (χ0n) is 10.7. The lowest BCUT2D eigenvalue weighted by molar-refractivity contribution is -0.124. The van der Waals surface area contributed by atoms with Gasteiger partial charge < -0.3 is 0 Å². The maximum absolute atomic E-state index is 11.8. The van der Waals surface area contributed by atoms with Crippen LogP contribution in [0, 0.1) is 5.92 Å². The normalized spacial score (nSPS) is 17.0. The van der Waals surface area contributed by atoms with Gasteiger partial charge in [0.05, 0.1) is 0 Å². The number of nitrogens with one attached hydrogen (secondary N) is 1. The van der Waals surface area contributed by atoms with Gasteiger partial charge in [0.15, 0.2) is 0 Å². The minimum atomic E-state index is -0.237. The van der Waals surface area contributed by atoms with Gasteiger partial charge in [0.2, 0.25) is 0 Å². The van der Waals surface area contributed by atoms with E-state index >= 15 is 0 Å². The first-order valence-electron chi connectivity index (χ1n) is 6.26. The molecule has 1 N–H and O–H groups in total. The Bertz CT molecular complexity index is 502. The lowest BCUT2D eigenvalue weighted by Crippen LogP contribution is -2.24. The van der Waals surface area contributed by atoms with Crippen molar-refractivity contribution in [2.24, 2.45) is 5.92 Å². The molecule has 2 amide bonds. The number of rotatable bonds is 4. The molecule has 18 heavy (non-hydrogen) atoms. The number of carbonyl (C=O) groups excluding carboxylic acids is 2. The summed E-state index contributed by atoms with van der Waals surface area (Å²) in [5, 5.41) is 2.40. The fraction of sp³-hybridized carbons (Fsp3) is 0.333. The quantitative estimate of drug-likeness (QED) is 0.824.